The van der Waals surface area contributed by atoms with E-state index < -0.39 is 5.60 Å². The molecule has 4 fully saturated rings. The molecule has 0 aromatic carbocycles. The lowest BCUT2D eigenvalue weighted by molar-refractivity contribution is -0.300. The zero-order valence-electron chi connectivity index (χ0n) is 12.3. The maximum absolute atomic E-state index is 10.7. The molecule has 3 saturated heterocycles. The van der Waals surface area contributed by atoms with Crippen molar-refractivity contribution in [2.45, 2.75) is 69.9 Å². The van der Waals surface area contributed by atoms with E-state index in [1.54, 1.807) is 0 Å². The molecule has 4 rings (SSSR count). The van der Waals surface area contributed by atoms with Gasteiger partial charge in [0.2, 0.25) is 0 Å². The first-order valence-corrected chi connectivity index (χ1v) is 7.97. The number of fused-ring (bicyclic) bond motifs is 1. The highest BCUT2D eigenvalue weighted by atomic mass is 16.6. The molecule has 1 N–H and O–H groups in total. The Labute approximate surface area is 115 Å². The van der Waals surface area contributed by atoms with Crippen molar-refractivity contribution < 1.29 is 14.6 Å². The van der Waals surface area contributed by atoms with Gasteiger partial charge in [-0.1, -0.05) is 13.8 Å². The molecule has 4 aliphatic rings. The van der Waals surface area contributed by atoms with Gasteiger partial charge in [-0.3, -0.25) is 0 Å². The minimum absolute atomic E-state index is 0.0192. The van der Waals surface area contributed by atoms with Crippen LogP contribution in [0.3, 0.4) is 0 Å². The van der Waals surface area contributed by atoms with Crippen LogP contribution >= 0.6 is 0 Å². The number of hydrogen-bond donors (Lipinski definition) is 1. The maximum atomic E-state index is 10.7. The van der Waals surface area contributed by atoms with Gasteiger partial charge in [0.15, 0.2) is 0 Å². The molecule has 3 heterocycles. The van der Waals surface area contributed by atoms with Crippen molar-refractivity contribution in [3.63, 3.8) is 0 Å². The Hall–Kier alpha value is -0.120. The Morgan fingerprint density at radius 3 is 2.63 bits per heavy atom. The zero-order chi connectivity index (χ0) is 13.4. The second-order valence-electron chi connectivity index (χ2n) is 7.82. The van der Waals surface area contributed by atoms with Crippen molar-refractivity contribution in [3.05, 3.63) is 0 Å². The predicted molar refractivity (Wildman–Crippen MR) is 71.7 cm³/mol. The molecule has 0 aromatic rings. The van der Waals surface area contributed by atoms with Crippen LogP contribution < -0.4 is 0 Å². The average Bonchev–Trinajstić information content (AvgIpc) is 2.72. The summed E-state index contributed by atoms with van der Waals surface area (Å²) in [5.41, 5.74) is -0.791. The lowest BCUT2D eigenvalue weighted by atomic mass is 9.57. The Balaban J connectivity index is 1.80. The quantitative estimate of drug-likeness (QED) is 0.731. The van der Waals surface area contributed by atoms with Gasteiger partial charge in [-0.2, -0.15) is 0 Å². The van der Waals surface area contributed by atoms with E-state index in [4.69, 9.17) is 9.47 Å². The number of aliphatic hydroxyl groups is 1. The van der Waals surface area contributed by atoms with Crippen molar-refractivity contribution in [1.29, 1.82) is 0 Å². The lowest BCUT2D eigenvalue weighted by Gasteiger charge is -2.59. The third kappa shape index (κ3) is 1.44. The molecule has 19 heavy (non-hydrogen) atoms. The molecular weight excluding hydrogens is 240 g/mol. The summed E-state index contributed by atoms with van der Waals surface area (Å²) in [5, 5.41) is 10.7. The maximum Gasteiger partial charge on any atom is 0.101 e. The topological polar surface area (TPSA) is 38.7 Å². The molecule has 2 bridgehead atoms. The minimum Gasteiger partial charge on any atom is -0.387 e. The molecular formula is C16H26O3. The highest BCUT2D eigenvalue weighted by Gasteiger charge is 2.69. The van der Waals surface area contributed by atoms with Crippen molar-refractivity contribution in [2.24, 2.45) is 23.7 Å². The normalized spacial score (nSPS) is 63.8. The first kappa shape index (κ1) is 12.6. The van der Waals surface area contributed by atoms with Crippen LogP contribution in [0.15, 0.2) is 0 Å². The fourth-order valence-electron chi connectivity index (χ4n) is 5.61. The Bertz CT molecular complexity index is 393. The first-order valence-electron chi connectivity index (χ1n) is 7.97. The summed E-state index contributed by atoms with van der Waals surface area (Å²) in [4.78, 5) is 0. The van der Waals surface area contributed by atoms with Crippen LogP contribution in [0.25, 0.3) is 0 Å². The molecule has 108 valence electrons. The monoisotopic (exact) mass is 266 g/mol. The van der Waals surface area contributed by atoms with Crippen LogP contribution in [0.5, 0.6) is 0 Å². The van der Waals surface area contributed by atoms with Crippen molar-refractivity contribution in [1.82, 2.24) is 0 Å². The van der Waals surface area contributed by atoms with E-state index in [1.165, 1.54) is 12.8 Å². The summed E-state index contributed by atoms with van der Waals surface area (Å²) in [5.74, 6) is 2.51. The van der Waals surface area contributed by atoms with Gasteiger partial charge in [0, 0.05) is 6.42 Å². The molecule has 1 spiro atoms. The summed E-state index contributed by atoms with van der Waals surface area (Å²) in [6, 6.07) is 0. The Morgan fingerprint density at radius 2 is 1.84 bits per heavy atom. The standard InChI is InChI=1S/C16H26O3/c1-9-4-5-11-10(2)8-18-14-7-15(3,17)13-6-12(9)16(11,14)19-13/h9-14,17H,4-8H2,1-3H3/t9-,10+,11+,12+,13-,14-,15+,16+/m1/s1. The summed E-state index contributed by atoms with van der Waals surface area (Å²) in [7, 11) is 0. The Morgan fingerprint density at radius 1 is 1.05 bits per heavy atom. The molecule has 3 aliphatic heterocycles. The molecule has 1 saturated carbocycles. The molecule has 1 aliphatic carbocycles. The van der Waals surface area contributed by atoms with Crippen molar-refractivity contribution in [2.75, 3.05) is 6.61 Å². The zero-order valence-corrected chi connectivity index (χ0v) is 12.3. The Kier molecular flexibility index (Phi) is 2.49. The first-order chi connectivity index (χ1) is 8.95. The molecule has 8 atom stereocenters. The summed E-state index contributed by atoms with van der Waals surface area (Å²) < 4.78 is 12.7. The minimum atomic E-state index is -0.710. The van der Waals surface area contributed by atoms with Crippen LogP contribution in [-0.4, -0.2) is 35.1 Å². The predicted octanol–water partition coefficient (Wildman–Crippen LogP) is 2.37. The third-order valence-electron chi connectivity index (χ3n) is 6.64. The van der Waals surface area contributed by atoms with Crippen LogP contribution in [0, 0.1) is 23.7 Å². The molecule has 0 aromatic heterocycles. The molecule has 0 radical (unpaired) electrons. The number of hydrogen-bond acceptors (Lipinski definition) is 3. The van der Waals surface area contributed by atoms with E-state index in [-0.39, 0.29) is 17.8 Å². The van der Waals surface area contributed by atoms with Gasteiger partial charge in [-0.25, -0.2) is 0 Å². The van der Waals surface area contributed by atoms with Crippen molar-refractivity contribution >= 4 is 0 Å². The second-order valence-corrected chi connectivity index (χ2v) is 7.82. The van der Waals surface area contributed by atoms with Gasteiger partial charge >= 0.3 is 0 Å². The molecule has 0 amide bonds. The largest absolute Gasteiger partial charge is 0.387 e. The fourth-order valence-corrected chi connectivity index (χ4v) is 5.61. The smallest absolute Gasteiger partial charge is 0.101 e. The lowest BCUT2D eigenvalue weighted by Crippen LogP contribution is -2.67. The summed E-state index contributed by atoms with van der Waals surface area (Å²) >= 11 is 0. The third-order valence-corrected chi connectivity index (χ3v) is 6.64. The summed E-state index contributed by atoms with van der Waals surface area (Å²) in [6.45, 7) is 7.45. The molecule has 3 nitrogen and oxygen atoms in total. The van der Waals surface area contributed by atoms with Crippen LogP contribution in [0.2, 0.25) is 0 Å². The second kappa shape index (κ2) is 3.75. The van der Waals surface area contributed by atoms with Gasteiger partial charge in [0.1, 0.15) is 5.60 Å². The highest BCUT2D eigenvalue weighted by molar-refractivity contribution is 5.18. The van der Waals surface area contributed by atoms with Gasteiger partial charge in [0.25, 0.3) is 0 Å². The van der Waals surface area contributed by atoms with E-state index >= 15 is 0 Å². The van der Waals surface area contributed by atoms with E-state index in [9.17, 15) is 5.11 Å². The highest BCUT2D eigenvalue weighted by Crippen LogP contribution is 2.62. The van der Waals surface area contributed by atoms with Crippen LogP contribution in [-0.2, 0) is 9.47 Å². The number of ether oxygens (including phenoxy) is 2. The van der Waals surface area contributed by atoms with Crippen LogP contribution in [0.4, 0.5) is 0 Å². The number of rotatable bonds is 0. The van der Waals surface area contributed by atoms with E-state index in [0.717, 1.165) is 19.4 Å². The van der Waals surface area contributed by atoms with E-state index in [0.29, 0.717) is 23.7 Å². The molecule has 3 heteroatoms. The van der Waals surface area contributed by atoms with Crippen LogP contribution in [0.1, 0.15) is 46.5 Å². The van der Waals surface area contributed by atoms with Gasteiger partial charge < -0.3 is 14.6 Å². The SMILES string of the molecule is C[C@@H]1CC[C@H]2[C@@H](C)CO[C@@H]3C[C@](C)(O)[C@H]4C[C@@H]1[C@]32O4. The van der Waals surface area contributed by atoms with E-state index in [2.05, 4.69) is 13.8 Å². The van der Waals surface area contributed by atoms with Gasteiger partial charge in [-0.05, 0) is 49.9 Å². The average molecular weight is 266 g/mol. The van der Waals surface area contributed by atoms with E-state index in [1.807, 2.05) is 6.92 Å². The summed E-state index contributed by atoms with van der Waals surface area (Å²) in [6.07, 6.45) is 4.49. The van der Waals surface area contributed by atoms with Gasteiger partial charge in [0.05, 0.1) is 24.4 Å². The van der Waals surface area contributed by atoms with Gasteiger partial charge in [-0.15, -0.1) is 0 Å². The fraction of sp³-hybridized carbons (Fsp3) is 1.00. The van der Waals surface area contributed by atoms with Crippen molar-refractivity contribution in [3.8, 4) is 0 Å². The molecule has 0 unspecified atom stereocenters.